The minimum absolute atomic E-state index is 0.0346. The number of rotatable bonds is 4. The molecule has 1 aromatic carbocycles. The van der Waals surface area contributed by atoms with E-state index in [0.29, 0.717) is 11.1 Å². The monoisotopic (exact) mass is 382 g/mol. The molecular formula is C12H16BrClN2O3S. The summed E-state index contributed by atoms with van der Waals surface area (Å²) in [6.45, 7) is 2.46. The normalized spacial score (nSPS) is 21.1. The third-order valence-electron chi connectivity index (χ3n) is 3.19. The van der Waals surface area contributed by atoms with Gasteiger partial charge in [0.2, 0.25) is 10.0 Å². The highest BCUT2D eigenvalue weighted by Gasteiger charge is 2.28. The van der Waals surface area contributed by atoms with Crippen LogP contribution in [-0.4, -0.2) is 27.2 Å². The molecule has 5 nitrogen and oxygen atoms in total. The van der Waals surface area contributed by atoms with Crippen LogP contribution in [-0.2, 0) is 14.8 Å². The van der Waals surface area contributed by atoms with E-state index < -0.39 is 10.0 Å². The Morgan fingerprint density at radius 1 is 1.55 bits per heavy atom. The number of sulfonamides is 1. The first-order chi connectivity index (χ1) is 9.31. The van der Waals surface area contributed by atoms with Gasteiger partial charge in [-0.25, -0.2) is 13.1 Å². The SMILES string of the molecule is CC(NS(=O)(=O)c1cc(Cl)cc(N)c1Br)C1CCCO1. The predicted molar refractivity (Wildman–Crippen MR) is 82.3 cm³/mol. The van der Waals surface area contributed by atoms with Gasteiger partial charge in [0.1, 0.15) is 0 Å². The first-order valence-electron chi connectivity index (χ1n) is 6.19. The summed E-state index contributed by atoms with van der Waals surface area (Å²) in [6.07, 6.45) is 1.70. The van der Waals surface area contributed by atoms with Gasteiger partial charge in [-0.1, -0.05) is 11.6 Å². The molecule has 1 saturated heterocycles. The van der Waals surface area contributed by atoms with Crippen LogP contribution in [0.1, 0.15) is 19.8 Å². The largest absolute Gasteiger partial charge is 0.398 e. The fourth-order valence-corrected chi connectivity index (χ4v) is 4.72. The number of nitrogens with one attached hydrogen (secondary N) is 1. The highest BCUT2D eigenvalue weighted by atomic mass is 79.9. The number of benzene rings is 1. The average Bonchev–Trinajstić information content (AvgIpc) is 2.86. The van der Waals surface area contributed by atoms with Crippen molar-refractivity contribution in [1.82, 2.24) is 4.72 Å². The Hall–Kier alpha value is -0.340. The van der Waals surface area contributed by atoms with Crippen molar-refractivity contribution in [3.8, 4) is 0 Å². The molecule has 0 aromatic heterocycles. The number of hydrogen-bond acceptors (Lipinski definition) is 4. The summed E-state index contributed by atoms with van der Waals surface area (Å²) in [5.74, 6) is 0. The maximum atomic E-state index is 12.4. The first-order valence-corrected chi connectivity index (χ1v) is 8.85. The second-order valence-electron chi connectivity index (χ2n) is 4.77. The zero-order valence-corrected chi connectivity index (χ0v) is 14.1. The Kier molecular flexibility index (Phi) is 4.96. The molecule has 1 heterocycles. The van der Waals surface area contributed by atoms with Crippen LogP contribution in [0, 0.1) is 0 Å². The van der Waals surface area contributed by atoms with Crippen molar-refractivity contribution >= 4 is 43.2 Å². The van der Waals surface area contributed by atoms with E-state index in [-0.39, 0.29) is 27.8 Å². The average molecular weight is 384 g/mol. The summed E-state index contributed by atoms with van der Waals surface area (Å²) in [7, 11) is -3.71. The summed E-state index contributed by atoms with van der Waals surface area (Å²) >= 11 is 9.06. The highest BCUT2D eigenvalue weighted by Crippen LogP contribution is 2.31. The zero-order valence-electron chi connectivity index (χ0n) is 10.9. The van der Waals surface area contributed by atoms with E-state index in [1.165, 1.54) is 12.1 Å². The fourth-order valence-electron chi connectivity index (χ4n) is 2.16. The Morgan fingerprint density at radius 2 is 2.25 bits per heavy atom. The third-order valence-corrected chi connectivity index (χ3v) is 6.13. The minimum Gasteiger partial charge on any atom is -0.398 e. The molecule has 0 saturated carbocycles. The number of nitrogen functional groups attached to an aromatic ring is 1. The maximum Gasteiger partial charge on any atom is 0.242 e. The molecule has 0 bridgehead atoms. The second-order valence-corrected chi connectivity index (χ2v) is 7.68. The second kappa shape index (κ2) is 6.19. The molecule has 3 N–H and O–H groups in total. The lowest BCUT2D eigenvalue weighted by atomic mass is 10.1. The van der Waals surface area contributed by atoms with Crippen molar-refractivity contribution < 1.29 is 13.2 Å². The van der Waals surface area contributed by atoms with E-state index in [9.17, 15) is 8.42 Å². The number of anilines is 1. The molecule has 0 radical (unpaired) electrons. The Morgan fingerprint density at radius 3 is 2.85 bits per heavy atom. The first kappa shape index (κ1) is 16.0. The van der Waals surface area contributed by atoms with Gasteiger partial charge in [-0.2, -0.15) is 0 Å². The molecule has 0 aliphatic carbocycles. The number of nitrogens with two attached hydrogens (primary N) is 1. The molecule has 0 spiro atoms. The lowest BCUT2D eigenvalue weighted by molar-refractivity contribution is 0.0902. The molecule has 2 rings (SSSR count). The third kappa shape index (κ3) is 3.46. The summed E-state index contributed by atoms with van der Waals surface area (Å²) < 4.78 is 33.2. The number of hydrogen-bond donors (Lipinski definition) is 2. The van der Waals surface area contributed by atoms with Gasteiger partial charge in [0.15, 0.2) is 0 Å². The number of ether oxygens (including phenoxy) is 1. The molecule has 20 heavy (non-hydrogen) atoms. The van der Waals surface area contributed by atoms with Gasteiger partial charge in [-0.05, 0) is 47.8 Å². The highest BCUT2D eigenvalue weighted by molar-refractivity contribution is 9.10. The molecule has 2 unspecified atom stereocenters. The van der Waals surface area contributed by atoms with Crippen LogP contribution < -0.4 is 10.5 Å². The topological polar surface area (TPSA) is 81.4 Å². The minimum atomic E-state index is -3.71. The van der Waals surface area contributed by atoms with Crippen molar-refractivity contribution in [2.24, 2.45) is 0 Å². The van der Waals surface area contributed by atoms with Crippen LogP contribution in [0.25, 0.3) is 0 Å². The smallest absolute Gasteiger partial charge is 0.242 e. The van der Waals surface area contributed by atoms with Crippen molar-refractivity contribution in [2.45, 2.75) is 36.8 Å². The standard InChI is InChI=1S/C12H16BrClN2O3S/c1-7(10-3-2-4-19-10)16-20(17,18)11-6-8(14)5-9(15)12(11)13/h5-7,10,16H,2-4,15H2,1H3. The molecule has 1 fully saturated rings. The van der Waals surface area contributed by atoms with Gasteiger partial charge in [0.05, 0.1) is 15.5 Å². The van der Waals surface area contributed by atoms with E-state index in [1.807, 2.05) is 0 Å². The van der Waals surface area contributed by atoms with Gasteiger partial charge in [-0.15, -0.1) is 0 Å². The lowest BCUT2D eigenvalue weighted by Crippen LogP contribution is -2.40. The Bertz CT molecular complexity index is 603. The van der Waals surface area contributed by atoms with E-state index in [0.717, 1.165) is 12.8 Å². The van der Waals surface area contributed by atoms with Gasteiger partial charge in [0.25, 0.3) is 0 Å². The molecular weight excluding hydrogens is 368 g/mol. The predicted octanol–water partition coefficient (Wildman–Crippen LogP) is 2.53. The van der Waals surface area contributed by atoms with E-state index in [2.05, 4.69) is 20.7 Å². The Labute approximate surface area is 132 Å². The molecule has 112 valence electrons. The Balaban J connectivity index is 2.26. The van der Waals surface area contributed by atoms with Gasteiger partial charge >= 0.3 is 0 Å². The van der Waals surface area contributed by atoms with Crippen molar-refractivity contribution in [1.29, 1.82) is 0 Å². The summed E-state index contributed by atoms with van der Waals surface area (Å²) in [6, 6.07) is 2.55. The van der Waals surface area contributed by atoms with Gasteiger partial charge in [-0.3, -0.25) is 0 Å². The van der Waals surface area contributed by atoms with Crippen molar-refractivity contribution in [2.75, 3.05) is 12.3 Å². The van der Waals surface area contributed by atoms with Crippen LogP contribution in [0.2, 0.25) is 5.02 Å². The summed E-state index contributed by atoms with van der Waals surface area (Å²) in [5, 5.41) is 0.274. The molecule has 2 atom stereocenters. The van der Waals surface area contributed by atoms with Crippen LogP contribution in [0.15, 0.2) is 21.5 Å². The van der Waals surface area contributed by atoms with Gasteiger partial charge < -0.3 is 10.5 Å². The zero-order chi connectivity index (χ0) is 14.9. The quantitative estimate of drug-likeness (QED) is 0.783. The number of halogens is 2. The van der Waals surface area contributed by atoms with E-state index in [4.69, 9.17) is 22.1 Å². The van der Waals surface area contributed by atoms with Gasteiger partial charge in [0, 0.05) is 23.4 Å². The lowest BCUT2D eigenvalue weighted by Gasteiger charge is -2.20. The van der Waals surface area contributed by atoms with Crippen molar-refractivity contribution in [3.05, 3.63) is 21.6 Å². The van der Waals surface area contributed by atoms with E-state index in [1.54, 1.807) is 6.92 Å². The van der Waals surface area contributed by atoms with Crippen molar-refractivity contribution in [3.63, 3.8) is 0 Å². The summed E-state index contributed by atoms with van der Waals surface area (Å²) in [4.78, 5) is 0.0346. The van der Waals surface area contributed by atoms with Crippen LogP contribution in [0.3, 0.4) is 0 Å². The van der Waals surface area contributed by atoms with Crippen LogP contribution in [0.5, 0.6) is 0 Å². The molecule has 1 aliphatic rings. The molecule has 0 amide bonds. The van der Waals surface area contributed by atoms with Crippen LogP contribution >= 0.6 is 27.5 Å². The molecule has 8 heteroatoms. The molecule has 1 aliphatic heterocycles. The van der Waals surface area contributed by atoms with E-state index >= 15 is 0 Å². The maximum absolute atomic E-state index is 12.4. The summed E-state index contributed by atoms with van der Waals surface area (Å²) in [5.41, 5.74) is 6.00. The fraction of sp³-hybridized carbons (Fsp3) is 0.500. The van der Waals surface area contributed by atoms with Crippen LogP contribution in [0.4, 0.5) is 5.69 Å². The molecule has 1 aromatic rings.